The number of hydrogen-bond donors (Lipinski definition) is 0. The first-order valence-electron chi connectivity index (χ1n) is 10.4. The fraction of sp³-hybridized carbons (Fsp3) is 0.565. The highest BCUT2D eigenvalue weighted by atomic mass is 16.5. The maximum atomic E-state index is 12.8. The second kappa shape index (κ2) is 8.20. The minimum atomic E-state index is -0.628. The monoisotopic (exact) mass is 414 g/mol. The zero-order valence-corrected chi connectivity index (χ0v) is 18.2. The standard InChI is InChI=1S/C23H30N2O5/c1-22(2)12-18(26)13-23(3,4)25(22)20(28)15-30-21(29)17-9-7-16(8-10-17)14-24-11-5-6-19(24)27/h7-10H,5-6,11-15H2,1-4H3. The van der Waals surface area contributed by atoms with Crippen molar-refractivity contribution in [3.05, 3.63) is 35.4 Å². The highest BCUT2D eigenvalue weighted by Crippen LogP contribution is 2.36. The number of rotatable bonds is 5. The molecule has 162 valence electrons. The molecule has 0 aliphatic carbocycles. The van der Waals surface area contributed by atoms with Gasteiger partial charge in [-0.05, 0) is 51.8 Å². The molecule has 7 nitrogen and oxygen atoms in total. The smallest absolute Gasteiger partial charge is 0.338 e. The Morgan fingerprint density at radius 1 is 1.00 bits per heavy atom. The Morgan fingerprint density at radius 2 is 1.60 bits per heavy atom. The van der Waals surface area contributed by atoms with Gasteiger partial charge in [0.15, 0.2) is 6.61 Å². The van der Waals surface area contributed by atoms with Crippen LogP contribution in [0.1, 0.15) is 69.3 Å². The lowest BCUT2D eigenvalue weighted by atomic mass is 9.79. The Balaban J connectivity index is 1.59. The molecule has 0 bridgehead atoms. The fourth-order valence-electron chi connectivity index (χ4n) is 4.79. The maximum absolute atomic E-state index is 12.8. The van der Waals surface area contributed by atoms with E-state index in [0.717, 1.165) is 18.5 Å². The van der Waals surface area contributed by atoms with Gasteiger partial charge in [0.25, 0.3) is 5.91 Å². The van der Waals surface area contributed by atoms with Gasteiger partial charge in [-0.2, -0.15) is 0 Å². The third-order valence-electron chi connectivity index (χ3n) is 5.78. The molecule has 30 heavy (non-hydrogen) atoms. The van der Waals surface area contributed by atoms with E-state index in [2.05, 4.69) is 0 Å². The molecule has 0 aromatic heterocycles. The maximum Gasteiger partial charge on any atom is 0.338 e. The van der Waals surface area contributed by atoms with E-state index >= 15 is 0 Å². The Hall–Kier alpha value is -2.70. The van der Waals surface area contributed by atoms with Gasteiger partial charge in [-0.1, -0.05) is 12.1 Å². The summed E-state index contributed by atoms with van der Waals surface area (Å²) in [4.78, 5) is 52.5. The molecule has 0 unspecified atom stereocenters. The first-order valence-corrected chi connectivity index (χ1v) is 10.4. The number of ether oxygens (including phenoxy) is 1. The van der Waals surface area contributed by atoms with Crippen LogP contribution in [0, 0.1) is 0 Å². The third kappa shape index (κ3) is 4.71. The molecule has 2 fully saturated rings. The topological polar surface area (TPSA) is 84.0 Å². The summed E-state index contributed by atoms with van der Waals surface area (Å²) in [6.45, 7) is 8.35. The normalized spacial score (nSPS) is 20.4. The molecule has 1 aromatic carbocycles. The average molecular weight is 415 g/mol. The number of amides is 2. The molecular weight excluding hydrogens is 384 g/mol. The van der Waals surface area contributed by atoms with Crippen LogP contribution in [-0.4, -0.2) is 57.6 Å². The summed E-state index contributed by atoms with van der Waals surface area (Å²) >= 11 is 0. The van der Waals surface area contributed by atoms with E-state index < -0.39 is 17.0 Å². The molecule has 0 radical (unpaired) electrons. The van der Waals surface area contributed by atoms with Gasteiger partial charge in [0.1, 0.15) is 5.78 Å². The summed E-state index contributed by atoms with van der Waals surface area (Å²) in [5, 5.41) is 0. The minimum absolute atomic E-state index is 0.127. The molecule has 2 saturated heterocycles. The molecule has 3 rings (SSSR count). The van der Waals surface area contributed by atoms with Crippen molar-refractivity contribution in [2.75, 3.05) is 13.2 Å². The van der Waals surface area contributed by atoms with Crippen molar-refractivity contribution >= 4 is 23.6 Å². The number of carbonyl (C=O) groups excluding carboxylic acids is 4. The number of benzene rings is 1. The van der Waals surface area contributed by atoms with Gasteiger partial charge >= 0.3 is 5.97 Å². The summed E-state index contributed by atoms with van der Waals surface area (Å²) in [7, 11) is 0. The first kappa shape index (κ1) is 22.0. The van der Waals surface area contributed by atoms with Crippen LogP contribution in [0.3, 0.4) is 0 Å². The summed E-state index contributed by atoms with van der Waals surface area (Å²) in [6.07, 6.45) is 2.06. The van der Waals surface area contributed by atoms with Crippen LogP contribution in [0.2, 0.25) is 0 Å². The second-order valence-corrected chi connectivity index (χ2v) is 9.44. The van der Waals surface area contributed by atoms with Gasteiger partial charge in [-0.15, -0.1) is 0 Å². The second-order valence-electron chi connectivity index (χ2n) is 9.44. The predicted octanol–water partition coefficient (Wildman–Crippen LogP) is 2.71. The Kier molecular flexibility index (Phi) is 6.01. The van der Waals surface area contributed by atoms with E-state index in [1.165, 1.54) is 0 Å². The molecule has 0 atom stereocenters. The number of Topliss-reactive ketones (excluding diaryl/α,β-unsaturated/α-hetero) is 1. The molecule has 2 aliphatic heterocycles. The van der Waals surface area contributed by atoms with Crippen molar-refractivity contribution < 1.29 is 23.9 Å². The molecule has 2 heterocycles. The van der Waals surface area contributed by atoms with Gasteiger partial charge in [-0.3, -0.25) is 14.4 Å². The SMILES string of the molecule is CC1(C)CC(=O)CC(C)(C)N1C(=O)COC(=O)c1ccc(CN2CCCC2=O)cc1. The van der Waals surface area contributed by atoms with E-state index in [4.69, 9.17) is 4.74 Å². The molecule has 7 heteroatoms. The first-order chi connectivity index (χ1) is 14.0. The lowest BCUT2D eigenvalue weighted by Gasteiger charge is -2.51. The quantitative estimate of drug-likeness (QED) is 0.692. The van der Waals surface area contributed by atoms with Crippen molar-refractivity contribution in [3.8, 4) is 0 Å². The van der Waals surface area contributed by atoms with Gasteiger partial charge < -0.3 is 14.5 Å². The van der Waals surface area contributed by atoms with Crippen molar-refractivity contribution in [2.24, 2.45) is 0 Å². The highest BCUT2D eigenvalue weighted by Gasteiger charge is 2.47. The largest absolute Gasteiger partial charge is 0.452 e. The fourth-order valence-corrected chi connectivity index (χ4v) is 4.79. The lowest BCUT2D eigenvalue weighted by molar-refractivity contribution is -0.156. The molecular formula is C23H30N2O5. The van der Waals surface area contributed by atoms with Crippen molar-refractivity contribution in [3.63, 3.8) is 0 Å². The molecule has 0 N–H and O–H groups in total. The van der Waals surface area contributed by atoms with E-state index in [-0.39, 0.29) is 37.0 Å². The van der Waals surface area contributed by atoms with Crippen molar-refractivity contribution in [2.45, 2.75) is 71.0 Å². The van der Waals surface area contributed by atoms with Gasteiger partial charge in [0.2, 0.25) is 5.91 Å². The van der Waals surface area contributed by atoms with Crippen LogP contribution in [0.15, 0.2) is 24.3 Å². The molecule has 0 saturated carbocycles. The Morgan fingerprint density at radius 3 is 2.13 bits per heavy atom. The number of nitrogens with zero attached hydrogens (tertiary/aromatic N) is 2. The van der Waals surface area contributed by atoms with Crippen LogP contribution in [0.5, 0.6) is 0 Å². The number of ketones is 1. The summed E-state index contributed by atoms with van der Waals surface area (Å²) < 4.78 is 5.27. The molecule has 1 aromatic rings. The van der Waals surface area contributed by atoms with Crippen LogP contribution >= 0.6 is 0 Å². The Bertz CT molecular complexity index is 837. The highest BCUT2D eigenvalue weighted by molar-refractivity contribution is 5.92. The van der Waals surface area contributed by atoms with Crippen LogP contribution in [0.4, 0.5) is 0 Å². The number of carbonyl (C=O) groups is 4. The van der Waals surface area contributed by atoms with Crippen LogP contribution in [-0.2, 0) is 25.7 Å². The third-order valence-corrected chi connectivity index (χ3v) is 5.78. The summed E-state index contributed by atoms with van der Waals surface area (Å²) in [5.41, 5.74) is 0.0412. The van der Waals surface area contributed by atoms with Crippen molar-refractivity contribution in [1.82, 2.24) is 9.80 Å². The van der Waals surface area contributed by atoms with Gasteiger partial charge in [0.05, 0.1) is 5.56 Å². The number of hydrogen-bond acceptors (Lipinski definition) is 5. The zero-order valence-electron chi connectivity index (χ0n) is 18.2. The lowest BCUT2D eigenvalue weighted by Crippen LogP contribution is -2.63. The average Bonchev–Trinajstić information content (AvgIpc) is 3.02. The number of esters is 1. The van der Waals surface area contributed by atoms with Gasteiger partial charge in [-0.25, -0.2) is 4.79 Å². The molecule has 0 spiro atoms. The van der Waals surface area contributed by atoms with Crippen molar-refractivity contribution in [1.29, 1.82) is 0 Å². The molecule has 2 amide bonds. The van der Waals surface area contributed by atoms with Gasteiger partial charge in [0, 0.05) is 43.4 Å². The summed E-state index contributed by atoms with van der Waals surface area (Å²) in [5.74, 6) is -0.602. The minimum Gasteiger partial charge on any atom is -0.452 e. The van der Waals surface area contributed by atoms with E-state index in [0.29, 0.717) is 18.5 Å². The van der Waals surface area contributed by atoms with E-state index in [9.17, 15) is 19.2 Å². The van der Waals surface area contributed by atoms with Crippen LogP contribution in [0.25, 0.3) is 0 Å². The van der Waals surface area contributed by atoms with E-state index in [1.807, 2.05) is 27.7 Å². The number of piperidine rings is 1. The number of likely N-dealkylation sites (tertiary alicyclic amines) is 2. The predicted molar refractivity (Wildman–Crippen MR) is 111 cm³/mol. The Labute approximate surface area is 177 Å². The van der Waals surface area contributed by atoms with Crippen LogP contribution < -0.4 is 0 Å². The van der Waals surface area contributed by atoms with E-state index in [1.54, 1.807) is 34.1 Å². The summed E-state index contributed by atoms with van der Waals surface area (Å²) in [6, 6.07) is 6.89. The molecule has 2 aliphatic rings. The zero-order chi connectivity index (χ0) is 22.1.